The van der Waals surface area contributed by atoms with Gasteiger partial charge in [0.1, 0.15) is 0 Å². The number of ether oxygens (including phenoxy) is 1. The SMILES string of the molecule is CCOCC(C)NC(=O)NC1(CC(=O)O)CCCC1. The molecule has 1 fully saturated rings. The lowest BCUT2D eigenvalue weighted by molar-refractivity contribution is -0.138. The summed E-state index contributed by atoms with van der Waals surface area (Å²) in [4.78, 5) is 22.8. The van der Waals surface area contributed by atoms with Crippen LogP contribution in [0.1, 0.15) is 46.0 Å². The second kappa shape index (κ2) is 7.33. The average molecular weight is 272 g/mol. The summed E-state index contributed by atoms with van der Waals surface area (Å²) in [6.45, 7) is 4.81. The average Bonchev–Trinajstić information content (AvgIpc) is 2.73. The van der Waals surface area contributed by atoms with Crippen LogP contribution in [0.3, 0.4) is 0 Å². The number of aliphatic carboxylic acids is 1. The fourth-order valence-corrected chi connectivity index (χ4v) is 2.52. The topological polar surface area (TPSA) is 87.7 Å². The highest BCUT2D eigenvalue weighted by molar-refractivity contribution is 5.77. The van der Waals surface area contributed by atoms with Crippen molar-refractivity contribution < 1.29 is 19.4 Å². The van der Waals surface area contributed by atoms with E-state index in [-0.39, 0.29) is 18.5 Å². The molecule has 0 aromatic carbocycles. The summed E-state index contributed by atoms with van der Waals surface area (Å²) < 4.78 is 5.22. The van der Waals surface area contributed by atoms with Gasteiger partial charge in [0.15, 0.2) is 0 Å². The molecule has 0 aliphatic heterocycles. The van der Waals surface area contributed by atoms with E-state index in [0.29, 0.717) is 13.2 Å². The third kappa shape index (κ3) is 5.46. The number of hydrogen-bond acceptors (Lipinski definition) is 3. The van der Waals surface area contributed by atoms with Gasteiger partial charge in [0, 0.05) is 6.61 Å². The molecule has 0 bridgehead atoms. The summed E-state index contributed by atoms with van der Waals surface area (Å²) in [6, 6.07) is -0.404. The van der Waals surface area contributed by atoms with Gasteiger partial charge in [-0.05, 0) is 26.7 Å². The predicted molar refractivity (Wildman–Crippen MR) is 71.1 cm³/mol. The van der Waals surface area contributed by atoms with Crippen LogP contribution in [0.2, 0.25) is 0 Å². The Labute approximate surface area is 113 Å². The van der Waals surface area contributed by atoms with Gasteiger partial charge in [-0.3, -0.25) is 4.79 Å². The van der Waals surface area contributed by atoms with Crippen molar-refractivity contribution in [1.29, 1.82) is 0 Å². The Morgan fingerprint density at radius 3 is 2.53 bits per heavy atom. The van der Waals surface area contributed by atoms with Crippen LogP contribution in [-0.2, 0) is 9.53 Å². The summed E-state index contributed by atoms with van der Waals surface area (Å²) in [5.41, 5.74) is -0.582. The third-order valence-corrected chi connectivity index (χ3v) is 3.38. The Hall–Kier alpha value is -1.30. The molecule has 1 aliphatic carbocycles. The smallest absolute Gasteiger partial charge is 0.315 e. The Bertz CT molecular complexity index is 314. The van der Waals surface area contributed by atoms with E-state index in [1.165, 1.54) is 0 Å². The zero-order valence-corrected chi connectivity index (χ0v) is 11.7. The largest absolute Gasteiger partial charge is 0.481 e. The molecule has 6 heteroatoms. The highest BCUT2D eigenvalue weighted by Crippen LogP contribution is 2.32. The number of carbonyl (C=O) groups excluding carboxylic acids is 1. The molecule has 1 saturated carbocycles. The summed E-state index contributed by atoms with van der Waals surface area (Å²) in [5.74, 6) is -0.871. The molecular weight excluding hydrogens is 248 g/mol. The van der Waals surface area contributed by atoms with Crippen LogP contribution in [0.4, 0.5) is 4.79 Å². The zero-order valence-electron chi connectivity index (χ0n) is 11.7. The molecule has 1 atom stereocenters. The van der Waals surface area contributed by atoms with Gasteiger partial charge in [-0.1, -0.05) is 12.8 Å². The number of rotatable bonds is 7. The number of amides is 2. The van der Waals surface area contributed by atoms with Crippen LogP contribution >= 0.6 is 0 Å². The van der Waals surface area contributed by atoms with Gasteiger partial charge in [0.05, 0.1) is 24.6 Å². The molecule has 0 aromatic rings. The molecule has 0 saturated heterocycles. The standard InChI is InChI=1S/C13H24N2O4/c1-3-19-9-10(2)14-12(18)15-13(8-11(16)17)6-4-5-7-13/h10H,3-9H2,1-2H3,(H,16,17)(H2,14,15,18). The quantitative estimate of drug-likeness (QED) is 0.655. The molecule has 0 radical (unpaired) electrons. The van der Waals surface area contributed by atoms with Crippen LogP contribution in [0.5, 0.6) is 0 Å². The molecule has 1 rings (SSSR count). The highest BCUT2D eigenvalue weighted by Gasteiger charge is 2.37. The van der Waals surface area contributed by atoms with Gasteiger partial charge < -0.3 is 20.5 Å². The number of carbonyl (C=O) groups is 2. The summed E-state index contributed by atoms with van der Waals surface area (Å²) >= 11 is 0. The molecule has 0 heterocycles. The second-order valence-electron chi connectivity index (χ2n) is 5.22. The van der Waals surface area contributed by atoms with E-state index in [4.69, 9.17) is 9.84 Å². The van der Waals surface area contributed by atoms with Gasteiger partial charge in [0.2, 0.25) is 0 Å². The Morgan fingerprint density at radius 1 is 1.37 bits per heavy atom. The maximum Gasteiger partial charge on any atom is 0.315 e. The molecule has 1 aliphatic rings. The van der Waals surface area contributed by atoms with Gasteiger partial charge in [-0.25, -0.2) is 4.79 Å². The lowest BCUT2D eigenvalue weighted by Gasteiger charge is -2.29. The van der Waals surface area contributed by atoms with E-state index < -0.39 is 11.5 Å². The van der Waals surface area contributed by atoms with Crippen molar-refractivity contribution in [1.82, 2.24) is 10.6 Å². The van der Waals surface area contributed by atoms with E-state index in [2.05, 4.69) is 10.6 Å². The Morgan fingerprint density at radius 2 is 2.00 bits per heavy atom. The number of nitrogens with one attached hydrogen (secondary N) is 2. The first-order valence-corrected chi connectivity index (χ1v) is 6.85. The lowest BCUT2D eigenvalue weighted by Crippen LogP contribution is -2.53. The summed E-state index contributed by atoms with van der Waals surface area (Å²) in [5, 5.41) is 14.6. The zero-order chi connectivity index (χ0) is 14.3. The van der Waals surface area contributed by atoms with Crippen LogP contribution in [0, 0.1) is 0 Å². The van der Waals surface area contributed by atoms with E-state index in [9.17, 15) is 9.59 Å². The monoisotopic (exact) mass is 272 g/mol. The van der Waals surface area contributed by atoms with Gasteiger partial charge in [0.25, 0.3) is 0 Å². The third-order valence-electron chi connectivity index (χ3n) is 3.38. The van der Waals surface area contributed by atoms with Gasteiger partial charge in [-0.15, -0.1) is 0 Å². The highest BCUT2D eigenvalue weighted by atomic mass is 16.5. The Balaban J connectivity index is 2.45. The fraction of sp³-hybridized carbons (Fsp3) is 0.846. The maximum atomic E-state index is 11.9. The summed E-state index contributed by atoms with van der Waals surface area (Å²) in [6.07, 6.45) is 3.36. The normalized spacial score (nSPS) is 18.8. The molecule has 19 heavy (non-hydrogen) atoms. The second-order valence-corrected chi connectivity index (χ2v) is 5.22. The van der Waals surface area contributed by atoms with E-state index in [1.807, 2.05) is 13.8 Å². The van der Waals surface area contributed by atoms with Crippen LogP contribution in [-0.4, -0.2) is 41.9 Å². The minimum Gasteiger partial charge on any atom is -0.481 e. The first-order valence-electron chi connectivity index (χ1n) is 6.85. The Kier molecular flexibility index (Phi) is 6.08. The van der Waals surface area contributed by atoms with Crippen molar-refractivity contribution in [3.63, 3.8) is 0 Å². The van der Waals surface area contributed by atoms with Crippen LogP contribution < -0.4 is 10.6 Å². The van der Waals surface area contributed by atoms with Crippen molar-refractivity contribution >= 4 is 12.0 Å². The predicted octanol–water partition coefficient (Wildman–Crippen LogP) is 1.50. The van der Waals surface area contributed by atoms with E-state index in [0.717, 1.165) is 25.7 Å². The molecular formula is C13H24N2O4. The van der Waals surface area contributed by atoms with E-state index in [1.54, 1.807) is 0 Å². The van der Waals surface area contributed by atoms with Crippen molar-refractivity contribution in [2.45, 2.75) is 57.5 Å². The molecule has 6 nitrogen and oxygen atoms in total. The first kappa shape index (κ1) is 15.8. The first-order chi connectivity index (χ1) is 8.97. The van der Waals surface area contributed by atoms with Gasteiger partial charge >= 0.3 is 12.0 Å². The van der Waals surface area contributed by atoms with Crippen LogP contribution in [0.25, 0.3) is 0 Å². The van der Waals surface area contributed by atoms with Crippen molar-refractivity contribution in [2.75, 3.05) is 13.2 Å². The molecule has 0 spiro atoms. The number of carboxylic acids is 1. The minimum absolute atomic E-state index is 0.0136. The molecule has 1 unspecified atom stereocenters. The minimum atomic E-state index is -0.871. The number of hydrogen-bond donors (Lipinski definition) is 3. The summed E-state index contributed by atoms with van der Waals surface area (Å²) in [7, 11) is 0. The number of urea groups is 1. The van der Waals surface area contributed by atoms with Crippen LogP contribution in [0.15, 0.2) is 0 Å². The molecule has 110 valence electrons. The molecule has 2 amide bonds. The number of carboxylic acid groups (broad SMARTS) is 1. The lowest BCUT2D eigenvalue weighted by atomic mass is 9.93. The van der Waals surface area contributed by atoms with Gasteiger partial charge in [-0.2, -0.15) is 0 Å². The maximum absolute atomic E-state index is 11.9. The molecule has 0 aromatic heterocycles. The van der Waals surface area contributed by atoms with E-state index >= 15 is 0 Å². The van der Waals surface area contributed by atoms with Crippen molar-refractivity contribution in [3.05, 3.63) is 0 Å². The van der Waals surface area contributed by atoms with Crippen molar-refractivity contribution in [2.24, 2.45) is 0 Å². The molecule has 3 N–H and O–H groups in total. The fourth-order valence-electron chi connectivity index (χ4n) is 2.52. The van der Waals surface area contributed by atoms with Crippen molar-refractivity contribution in [3.8, 4) is 0 Å².